The Morgan fingerprint density at radius 1 is 1.26 bits per heavy atom. The highest BCUT2D eigenvalue weighted by Gasteiger charge is 2.44. The number of hydrogen-bond acceptors (Lipinski definition) is 6. The van der Waals surface area contributed by atoms with E-state index in [4.69, 9.17) is 9.47 Å². The monoisotopic (exact) mass is 564 g/mol. The van der Waals surface area contributed by atoms with Gasteiger partial charge in [0, 0.05) is 42.0 Å². The molecule has 2 aromatic rings. The molecule has 2 fully saturated rings. The molecule has 1 amide bonds. The third kappa shape index (κ3) is 5.24. The van der Waals surface area contributed by atoms with Crippen LogP contribution in [0.4, 0.5) is 23.2 Å². The Kier molecular flexibility index (Phi) is 7.62. The number of thioether (sulfide) groups is 1. The third-order valence-electron chi connectivity index (χ3n) is 7.13. The number of morpholine rings is 1. The molecule has 2 bridgehead atoms. The van der Waals surface area contributed by atoms with E-state index in [1.807, 2.05) is 0 Å². The summed E-state index contributed by atoms with van der Waals surface area (Å²) in [4.78, 5) is 16.1. The van der Waals surface area contributed by atoms with Gasteiger partial charge in [-0.25, -0.2) is 4.39 Å². The van der Waals surface area contributed by atoms with Crippen LogP contribution in [0.15, 0.2) is 47.9 Å². The molecular formula is C27H28F4N4O3S. The number of piperazine rings is 1. The molecule has 3 heterocycles. The number of amidine groups is 1. The maximum absolute atomic E-state index is 14.6. The SMILES string of the molecule is C=CC(=O)N1CC2COCC(C1)N2C(=N)c1cc(C(F)(F)F)c(-c2ccc(F)cc2)c2c1N[C@@H](COC)CS2. The number of hydrogen-bond donors (Lipinski definition) is 2. The van der Waals surface area contributed by atoms with Crippen molar-refractivity contribution in [1.29, 1.82) is 5.41 Å². The summed E-state index contributed by atoms with van der Waals surface area (Å²) >= 11 is 1.26. The number of amides is 1. The van der Waals surface area contributed by atoms with Gasteiger partial charge in [-0.15, -0.1) is 11.8 Å². The molecule has 12 heteroatoms. The minimum atomic E-state index is -4.73. The minimum absolute atomic E-state index is 0.0488. The predicted octanol–water partition coefficient (Wildman–Crippen LogP) is 4.47. The summed E-state index contributed by atoms with van der Waals surface area (Å²) in [5.41, 5.74) is -0.188. The molecule has 7 nitrogen and oxygen atoms in total. The predicted molar refractivity (Wildman–Crippen MR) is 141 cm³/mol. The van der Waals surface area contributed by atoms with Crippen molar-refractivity contribution in [2.24, 2.45) is 0 Å². The normalized spacial score (nSPS) is 22.6. The number of ether oxygens (including phenoxy) is 2. The molecule has 3 aliphatic rings. The van der Waals surface area contributed by atoms with Gasteiger partial charge in [-0.05, 0) is 29.8 Å². The molecular weight excluding hydrogens is 536 g/mol. The third-order valence-corrected chi connectivity index (χ3v) is 8.40. The van der Waals surface area contributed by atoms with Crippen molar-refractivity contribution in [1.82, 2.24) is 9.80 Å². The van der Waals surface area contributed by atoms with Gasteiger partial charge in [0.05, 0.1) is 49.2 Å². The standard InChI is InChI=1S/C27H28F4N4O3S/c1-3-22(36)34-9-18-12-38-13-19(10-34)35(18)26(32)20-8-21(27(29,30)31)23(15-4-6-16(28)7-5-15)25-24(20)33-17(11-37-2)14-39-25/h3-8,17-19,32-33H,1,9-14H2,2H3/t17-,18?,19?/m0/s1. The Morgan fingerprint density at radius 2 is 1.92 bits per heavy atom. The summed E-state index contributed by atoms with van der Waals surface area (Å²) in [7, 11) is 1.55. The van der Waals surface area contributed by atoms with Crippen LogP contribution < -0.4 is 5.32 Å². The Balaban J connectivity index is 1.65. The second kappa shape index (κ2) is 10.8. The van der Waals surface area contributed by atoms with E-state index in [0.29, 0.717) is 22.9 Å². The number of benzene rings is 2. The molecule has 2 aromatic carbocycles. The number of nitrogens with zero attached hydrogens (tertiary/aromatic N) is 2. The maximum atomic E-state index is 14.6. The lowest BCUT2D eigenvalue weighted by atomic mass is 9.93. The molecule has 2 saturated heterocycles. The Bertz CT molecular complexity index is 1270. The number of methoxy groups -OCH3 is 1. The molecule has 208 valence electrons. The molecule has 3 atom stereocenters. The summed E-state index contributed by atoms with van der Waals surface area (Å²) in [6.45, 7) is 4.87. The summed E-state index contributed by atoms with van der Waals surface area (Å²) < 4.78 is 68.4. The van der Waals surface area contributed by atoms with E-state index in [1.54, 1.807) is 16.9 Å². The summed E-state index contributed by atoms with van der Waals surface area (Å²) in [6.07, 6.45) is -3.50. The fourth-order valence-electron chi connectivity index (χ4n) is 5.46. The Morgan fingerprint density at radius 3 is 2.51 bits per heavy atom. The van der Waals surface area contributed by atoms with E-state index in [1.165, 1.54) is 30.0 Å². The Hall–Kier alpha value is -3.09. The van der Waals surface area contributed by atoms with Crippen molar-refractivity contribution in [2.75, 3.05) is 51.1 Å². The van der Waals surface area contributed by atoms with Crippen LogP contribution in [0.3, 0.4) is 0 Å². The van der Waals surface area contributed by atoms with Crippen LogP contribution in [0, 0.1) is 11.2 Å². The molecule has 0 aromatic heterocycles. The van der Waals surface area contributed by atoms with Crippen LogP contribution in [0.1, 0.15) is 11.1 Å². The van der Waals surface area contributed by atoms with Gasteiger partial charge < -0.3 is 24.6 Å². The van der Waals surface area contributed by atoms with Crippen molar-refractivity contribution < 1.29 is 31.8 Å². The van der Waals surface area contributed by atoms with Gasteiger partial charge in [-0.1, -0.05) is 18.7 Å². The lowest BCUT2D eigenvalue weighted by molar-refractivity contribution is -0.137. The van der Waals surface area contributed by atoms with Gasteiger partial charge in [0.2, 0.25) is 5.91 Å². The largest absolute Gasteiger partial charge is 0.417 e. The van der Waals surface area contributed by atoms with Crippen molar-refractivity contribution >= 4 is 29.2 Å². The first-order chi connectivity index (χ1) is 18.6. The number of carbonyl (C=O) groups excluding carboxylic acids is 1. The first-order valence-corrected chi connectivity index (χ1v) is 13.4. The van der Waals surface area contributed by atoms with Gasteiger partial charge in [-0.2, -0.15) is 13.2 Å². The topological polar surface area (TPSA) is 77.9 Å². The molecule has 3 aliphatic heterocycles. The smallest absolute Gasteiger partial charge is 0.383 e. The van der Waals surface area contributed by atoms with Crippen LogP contribution in [-0.4, -0.2) is 85.4 Å². The first-order valence-electron chi connectivity index (χ1n) is 12.4. The highest BCUT2D eigenvalue weighted by molar-refractivity contribution is 7.99. The van der Waals surface area contributed by atoms with E-state index in [-0.39, 0.29) is 60.8 Å². The van der Waals surface area contributed by atoms with E-state index >= 15 is 0 Å². The van der Waals surface area contributed by atoms with E-state index in [9.17, 15) is 27.8 Å². The van der Waals surface area contributed by atoms with E-state index in [0.717, 1.165) is 18.2 Å². The van der Waals surface area contributed by atoms with Gasteiger partial charge in [0.25, 0.3) is 0 Å². The van der Waals surface area contributed by atoms with Crippen LogP contribution in [0.5, 0.6) is 0 Å². The van der Waals surface area contributed by atoms with Gasteiger partial charge >= 0.3 is 6.18 Å². The van der Waals surface area contributed by atoms with E-state index < -0.39 is 29.6 Å². The summed E-state index contributed by atoms with van der Waals surface area (Å²) in [6, 6.07) is 4.97. The minimum Gasteiger partial charge on any atom is -0.383 e. The van der Waals surface area contributed by atoms with Crippen molar-refractivity contribution in [3.8, 4) is 11.1 Å². The number of carbonyl (C=O) groups is 1. The zero-order chi connectivity index (χ0) is 27.9. The number of nitrogens with one attached hydrogen (secondary N) is 2. The lowest BCUT2D eigenvalue weighted by Crippen LogP contribution is -2.66. The molecule has 0 saturated carbocycles. The van der Waals surface area contributed by atoms with E-state index in [2.05, 4.69) is 11.9 Å². The van der Waals surface area contributed by atoms with Crippen LogP contribution in [-0.2, 0) is 20.4 Å². The highest BCUT2D eigenvalue weighted by Crippen LogP contribution is 2.49. The molecule has 39 heavy (non-hydrogen) atoms. The number of alkyl halides is 3. The van der Waals surface area contributed by atoms with Crippen molar-refractivity contribution in [3.05, 3.63) is 59.9 Å². The molecule has 0 radical (unpaired) electrons. The molecule has 0 aliphatic carbocycles. The number of halogens is 4. The quantitative estimate of drug-likeness (QED) is 0.242. The lowest BCUT2D eigenvalue weighted by Gasteiger charge is -2.51. The molecule has 2 N–H and O–H groups in total. The van der Waals surface area contributed by atoms with Gasteiger partial charge in [-0.3, -0.25) is 10.2 Å². The van der Waals surface area contributed by atoms with Gasteiger partial charge in [0.1, 0.15) is 11.7 Å². The molecule has 0 spiro atoms. The highest BCUT2D eigenvalue weighted by atomic mass is 32.2. The second-order valence-electron chi connectivity index (χ2n) is 9.71. The zero-order valence-electron chi connectivity index (χ0n) is 21.2. The van der Waals surface area contributed by atoms with Crippen molar-refractivity contribution in [3.63, 3.8) is 0 Å². The maximum Gasteiger partial charge on any atom is 0.417 e. The fourth-order valence-corrected chi connectivity index (χ4v) is 6.69. The van der Waals surface area contributed by atoms with Crippen molar-refractivity contribution in [2.45, 2.75) is 29.2 Å². The van der Waals surface area contributed by atoms with Crippen LogP contribution in [0.25, 0.3) is 11.1 Å². The Labute approximate surface area is 227 Å². The summed E-state index contributed by atoms with van der Waals surface area (Å²) in [5.74, 6) is -0.408. The number of rotatable bonds is 5. The van der Waals surface area contributed by atoms with Gasteiger partial charge in [0.15, 0.2) is 0 Å². The number of anilines is 1. The summed E-state index contributed by atoms with van der Waals surface area (Å²) in [5, 5.41) is 12.5. The average Bonchev–Trinajstić information content (AvgIpc) is 2.90. The van der Waals surface area contributed by atoms with Crippen LogP contribution >= 0.6 is 11.8 Å². The zero-order valence-corrected chi connectivity index (χ0v) is 22.0. The molecule has 5 rings (SSSR count). The second-order valence-corrected chi connectivity index (χ2v) is 10.7. The first kappa shape index (κ1) is 27.5. The number of fused-ring (bicyclic) bond motifs is 3. The fraction of sp³-hybridized carbons (Fsp3) is 0.407. The molecule has 2 unspecified atom stereocenters. The average molecular weight is 565 g/mol. The van der Waals surface area contributed by atoms with Crippen LogP contribution in [0.2, 0.25) is 0 Å².